The monoisotopic (exact) mass is 391 g/mol. The largest absolute Gasteiger partial charge is 0.489 e. The average molecular weight is 392 g/mol. The lowest BCUT2D eigenvalue weighted by Crippen LogP contribution is -2.39. The summed E-state index contributed by atoms with van der Waals surface area (Å²) in [5.41, 5.74) is 7.73. The van der Waals surface area contributed by atoms with Gasteiger partial charge >= 0.3 is 6.09 Å². The molecule has 8 nitrogen and oxygen atoms in total. The first kappa shape index (κ1) is 21.8. The molecule has 1 fully saturated rings. The van der Waals surface area contributed by atoms with Crippen LogP contribution in [-0.2, 0) is 4.74 Å². The van der Waals surface area contributed by atoms with Crippen molar-refractivity contribution >= 4 is 11.8 Å². The highest BCUT2D eigenvalue weighted by atomic mass is 16.5. The number of amides is 1. The topological polar surface area (TPSA) is 116 Å². The van der Waals surface area contributed by atoms with Crippen LogP contribution in [0.15, 0.2) is 18.0 Å². The maximum atomic E-state index is 12.0. The Morgan fingerprint density at radius 3 is 2.57 bits per heavy atom. The number of aromatic nitrogens is 1. The van der Waals surface area contributed by atoms with Gasteiger partial charge in [0.1, 0.15) is 11.4 Å². The summed E-state index contributed by atoms with van der Waals surface area (Å²) in [5.74, 6) is 7.06. The Hall–Kier alpha value is -2.48. The van der Waals surface area contributed by atoms with Crippen molar-refractivity contribution in [3.8, 4) is 5.75 Å². The second-order valence-corrected chi connectivity index (χ2v) is 7.65. The lowest BCUT2D eigenvalue weighted by Gasteiger charge is -2.24. The van der Waals surface area contributed by atoms with Crippen LogP contribution in [0.25, 0.3) is 5.70 Å². The zero-order valence-electron chi connectivity index (χ0n) is 17.3. The first-order valence-electron chi connectivity index (χ1n) is 9.84. The lowest BCUT2D eigenvalue weighted by molar-refractivity contribution is 0.133. The number of nitrogens with zero attached hydrogens (tertiary/aromatic N) is 2. The number of hydrogen-bond acceptors (Lipinski definition) is 7. The number of carbonyl (C=O) groups is 1. The van der Waals surface area contributed by atoms with Crippen molar-refractivity contribution in [2.75, 3.05) is 13.7 Å². The highest BCUT2D eigenvalue weighted by Crippen LogP contribution is 2.26. The molecule has 1 aromatic rings. The van der Waals surface area contributed by atoms with Gasteiger partial charge in [-0.15, -0.1) is 0 Å². The summed E-state index contributed by atoms with van der Waals surface area (Å²) in [6, 6.07) is 3.63. The third-order valence-corrected chi connectivity index (χ3v) is 4.54. The Balaban J connectivity index is 2.14. The lowest BCUT2D eigenvalue weighted by atomic mass is 9.98. The molecule has 0 saturated heterocycles. The minimum Gasteiger partial charge on any atom is -0.489 e. The van der Waals surface area contributed by atoms with Crippen LogP contribution < -0.4 is 21.6 Å². The third-order valence-electron chi connectivity index (χ3n) is 4.54. The van der Waals surface area contributed by atoms with Crippen molar-refractivity contribution in [3.63, 3.8) is 0 Å². The van der Waals surface area contributed by atoms with Crippen LogP contribution in [0, 0.1) is 12.8 Å². The Morgan fingerprint density at radius 1 is 1.32 bits per heavy atom. The van der Waals surface area contributed by atoms with Gasteiger partial charge in [0.25, 0.3) is 0 Å². The number of hydrazine groups is 1. The van der Waals surface area contributed by atoms with Crippen LogP contribution in [0.2, 0.25) is 0 Å². The molecule has 156 valence electrons. The summed E-state index contributed by atoms with van der Waals surface area (Å²) in [7, 11) is 1.58. The van der Waals surface area contributed by atoms with Gasteiger partial charge in [0.2, 0.25) is 0 Å². The van der Waals surface area contributed by atoms with E-state index in [9.17, 15) is 4.79 Å². The quantitative estimate of drug-likeness (QED) is 0.483. The zero-order valence-corrected chi connectivity index (χ0v) is 17.3. The molecule has 8 heteroatoms. The van der Waals surface area contributed by atoms with E-state index >= 15 is 0 Å². The van der Waals surface area contributed by atoms with Crippen molar-refractivity contribution in [3.05, 3.63) is 29.3 Å². The second kappa shape index (κ2) is 10.2. The van der Waals surface area contributed by atoms with E-state index in [0.717, 1.165) is 24.3 Å². The second-order valence-electron chi connectivity index (χ2n) is 7.65. The van der Waals surface area contributed by atoms with Crippen molar-refractivity contribution in [2.24, 2.45) is 17.5 Å². The molecule has 0 unspecified atom stereocenters. The van der Waals surface area contributed by atoms with Crippen LogP contribution in [0.1, 0.15) is 57.3 Å². The van der Waals surface area contributed by atoms with Crippen LogP contribution in [-0.4, -0.2) is 35.8 Å². The van der Waals surface area contributed by atoms with Gasteiger partial charge in [-0.05, 0) is 50.7 Å². The molecule has 0 aromatic carbocycles. The standard InChI is InChI=1S/C20H33N5O3/c1-13(2)12-27-20(26)24-19(25(4)22)18(21)16-10-11-17(14(3)23-16)28-15-8-6-5-7-9-15/h10-11,13,15H,5-9,12,21-22H2,1-4H3,(H,24,26)/b19-18-. The Kier molecular flexibility index (Phi) is 7.92. The fourth-order valence-corrected chi connectivity index (χ4v) is 3.03. The molecule has 1 aliphatic rings. The van der Waals surface area contributed by atoms with Crippen molar-refractivity contribution in [2.45, 2.75) is 59.0 Å². The summed E-state index contributed by atoms with van der Waals surface area (Å²) < 4.78 is 11.2. The van der Waals surface area contributed by atoms with E-state index in [1.165, 1.54) is 24.3 Å². The molecule has 2 rings (SSSR count). The van der Waals surface area contributed by atoms with Gasteiger partial charge in [0.05, 0.1) is 24.1 Å². The minimum atomic E-state index is -0.613. The summed E-state index contributed by atoms with van der Waals surface area (Å²) >= 11 is 0. The van der Waals surface area contributed by atoms with Gasteiger partial charge < -0.3 is 15.2 Å². The van der Waals surface area contributed by atoms with Crippen LogP contribution in [0.3, 0.4) is 0 Å². The molecule has 28 heavy (non-hydrogen) atoms. The van der Waals surface area contributed by atoms with Crippen molar-refractivity contribution < 1.29 is 14.3 Å². The van der Waals surface area contributed by atoms with Gasteiger partial charge in [0, 0.05) is 7.05 Å². The summed E-state index contributed by atoms with van der Waals surface area (Å²) in [6.45, 7) is 6.09. The SMILES string of the molecule is Cc1nc(/C(N)=C(\NC(=O)OCC(C)C)N(C)N)ccc1OC1CCCCC1. The molecule has 1 heterocycles. The van der Waals surface area contributed by atoms with Gasteiger partial charge in [-0.2, -0.15) is 0 Å². The highest BCUT2D eigenvalue weighted by molar-refractivity contribution is 5.74. The van der Waals surface area contributed by atoms with E-state index in [2.05, 4.69) is 10.3 Å². The van der Waals surface area contributed by atoms with E-state index in [1.54, 1.807) is 13.1 Å². The molecule has 1 amide bonds. The number of aryl methyl sites for hydroxylation is 1. The molecule has 1 aliphatic carbocycles. The maximum absolute atomic E-state index is 12.0. The van der Waals surface area contributed by atoms with Crippen molar-refractivity contribution in [1.29, 1.82) is 0 Å². The van der Waals surface area contributed by atoms with Crippen molar-refractivity contribution in [1.82, 2.24) is 15.3 Å². The van der Waals surface area contributed by atoms with Gasteiger partial charge in [0.15, 0.2) is 5.82 Å². The van der Waals surface area contributed by atoms with Crippen LogP contribution in [0.5, 0.6) is 5.75 Å². The molecule has 0 atom stereocenters. The zero-order chi connectivity index (χ0) is 20.7. The Labute approximate surface area is 167 Å². The molecule has 0 bridgehead atoms. The third kappa shape index (κ3) is 6.30. The van der Waals surface area contributed by atoms with E-state index in [4.69, 9.17) is 21.1 Å². The van der Waals surface area contributed by atoms with Gasteiger partial charge in [-0.25, -0.2) is 15.6 Å². The minimum absolute atomic E-state index is 0.224. The Bertz CT molecular complexity index is 697. The molecule has 0 radical (unpaired) electrons. The number of ether oxygens (including phenoxy) is 2. The summed E-state index contributed by atoms with van der Waals surface area (Å²) in [5, 5.41) is 3.82. The number of carbonyl (C=O) groups excluding carboxylic acids is 1. The molecular weight excluding hydrogens is 358 g/mol. The number of nitrogens with two attached hydrogens (primary N) is 2. The average Bonchev–Trinajstić information content (AvgIpc) is 2.66. The molecule has 0 spiro atoms. The van der Waals surface area contributed by atoms with Crippen LogP contribution in [0.4, 0.5) is 4.79 Å². The number of rotatable bonds is 7. The van der Waals surface area contributed by atoms with Gasteiger partial charge in [-0.1, -0.05) is 20.3 Å². The molecular formula is C20H33N5O3. The van der Waals surface area contributed by atoms with E-state index in [1.807, 2.05) is 26.8 Å². The number of alkyl carbamates (subject to hydrolysis) is 1. The molecule has 5 N–H and O–H groups in total. The number of pyridine rings is 1. The highest BCUT2D eigenvalue weighted by Gasteiger charge is 2.18. The van der Waals surface area contributed by atoms with Crippen LogP contribution >= 0.6 is 0 Å². The maximum Gasteiger partial charge on any atom is 0.412 e. The first-order valence-corrected chi connectivity index (χ1v) is 9.84. The fraction of sp³-hybridized carbons (Fsp3) is 0.600. The smallest absolute Gasteiger partial charge is 0.412 e. The van der Waals surface area contributed by atoms with E-state index < -0.39 is 6.09 Å². The van der Waals surface area contributed by atoms with E-state index in [-0.39, 0.29) is 23.5 Å². The fourth-order valence-electron chi connectivity index (χ4n) is 3.03. The number of hydrogen-bond donors (Lipinski definition) is 3. The molecule has 1 saturated carbocycles. The predicted molar refractivity (Wildman–Crippen MR) is 109 cm³/mol. The summed E-state index contributed by atoms with van der Waals surface area (Å²) in [4.78, 5) is 16.5. The first-order chi connectivity index (χ1) is 13.3. The Morgan fingerprint density at radius 2 is 2.00 bits per heavy atom. The summed E-state index contributed by atoms with van der Waals surface area (Å²) in [6.07, 6.45) is 5.47. The number of nitrogens with one attached hydrogen (secondary N) is 1. The molecule has 0 aliphatic heterocycles. The van der Waals surface area contributed by atoms with Gasteiger partial charge in [-0.3, -0.25) is 10.3 Å². The van der Waals surface area contributed by atoms with E-state index in [0.29, 0.717) is 12.3 Å². The molecule has 1 aromatic heterocycles. The predicted octanol–water partition coefficient (Wildman–Crippen LogP) is 2.87. The normalized spacial score (nSPS) is 15.8.